The molecule has 0 aromatic heterocycles. The number of carbonyl (C=O) groups excluding carboxylic acids is 2. The van der Waals surface area contributed by atoms with E-state index in [2.05, 4.69) is 23.2 Å². The van der Waals surface area contributed by atoms with Crippen LogP contribution in [0.1, 0.15) is 40.4 Å². The number of nitrogens with zero attached hydrogens (tertiary/aromatic N) is 1. The Morgan fingerprint density at radius 3 is 2.47 bits per heavy atom. The number of carbonyl (C=O) groups is 2. The number of nitrogens with one attached hydrogen (secondary N) is 2. The first kappa shape index (κ1) is 23.7. The Morgan fingerprint density at radius 2 is 1.75 bits per heavy atom. The summed E-state index contributed by atoms with van der Waals surface area (Å²) in [6, 6.07) is 17.7. The van der Waals surface area contributed by atoms with Crippen molar-refractivity contribution in [1.29, 1.82) is 5.41 Å². The van der Waals surface area contributed by atoms with Crippen molar-refractivity contribution in [2.75, 3.05) is 20.6 Å². The average molecular weight is 448 g/mol. The molecule has 0 fully saturated rings. The van der Waals surface area contributed by atoms with Crippen LogP contribution in [-0.4, -0.2) is 42.9 Å². The van der Waals surface area contributed by atoms with E-state index in [0.717, 1.165) is 52.6 Å². The van der Waals surface area contributed by atoms with E-state index in [4.69, 9.17) is 5.41 Å². The highest BCUT2D eigenvalue weighted by molar-refractivity contribution is 8.14. The SMILES string of the molecule is CCCc1ccccc1C(=N)Sc1ccc(CCN(C)C)c2c(C(=O)NC=O)cccc12. The highest BCUT2D eigenvalue weighted by Crippen LogP contribution is 2.35. The molecule has 0 radical (unpaired) electrons. The quantitative estimate of drug-likeness (QED) is 0.212. The zero-order valence-corrected chi connectivity index (χ0v) is 19.6. The molecule has 32 heavy (non-hydrogen) atoms. The molecular formula is C26H29N3O2S. The van der Waals surface area contributed by atoms with Crippen molar-refractivity contribution in [1.82, 2.24) is 10.2 Å². The van der Waals surface area contributed by atoms with Gasteiger partial charge < -0.3 is 4.90 Å². The van der Waals surface area contributed by atoms with Gasteiger partial charge in [-0.25, -0.2) is 0 Å². The lowest BCUT2D eigenvalue weighted by Gasteiger charge is -2.17. The molecule has 0 spiro atoms. The minimum absolute atomic E-state index is 0.415. The lowest BCUT2D eigenvalue weighted by Crippen LogP contribution is -2.22. The van der Waals surface area contributed by atoms with E-state index in [1.807, 2.05) is 56.6 Å². The third-order valence-corrected chi connectivity index (χ3v) is 6.34. The molecular weight excluding hydrogens is 418 g/mol. The second kappa shape index (κ2) is 11.1. The first-order chi connectivity index (χ1) is 15.5. The van der Waals surface area contributed by atoms with E-state index in [1.165, 1.54) is 17.3 Å². The third kappa shape index (κ3) is 5.44. The summed E-state index contributed by atoms with van der Waals surface area (Å²) >= 11 is 1.40. The van der Waals surface area contributed by atoms with Crippen molar-refractivity contribution < 1.29 is 9.59 Å². The Morgan fingerprint density at radius 1 is 1.00 bits per heavy atom. The number of hydrogen-bond acceptors (Lipinski definition) is 5. The van der Waals surface area contributed by atoms with E-state index in [9.17, 15) is 9.59 Å². The van der Waals surface area contributed by atoms with Gasteiger partial charge in [0.15, 0.2) is 0 Å². The molecule has 0 unspecified atom stereocenters. The van der Waals surface area contributed by atoms with Crippen LogP contribution >= 0.6 is 11.8 Å². The van der Waals surface area contributed by atoms with Gasteiger partial charge in [0, 0.05) is 22.6 Å². The summed E-state index contributed by atoms with van der Waals surface area (Å²) in [6.07, 6.45) is 3.14. The minimum atomic E-state index is -0.415. The van der Waals surface area contributed by atoms with Gasteiger partial charge in [0.2, 0.25) is 6.41 Å². The monoisotopic (exact) mass is 447 g/mol. The van der Waals surface area contributed by atoms with Crippen molar-refractivity contribution in [2.24, 2.45) is 0 Å². The second-order valence-electron chi connectivity index (χ2n) is 7.93. The zero-order chi connectivity index (χ0) is 23.1. The summed E-state index contributed by atoms with van der Waals surface area (Å²) in [5.74, 6) is -0.415. The van der Waals surface area contributed by atoms with Gasteiger partial charge >= 0.3 is 0 Å². The molecule has 0 atom stereocenters. The van der Waals surface area contributed by atoms with Crippen LogP contribution in [-0.2, 0) is 17.6 Å². The number of imide groups is 1. The van der Waals surface area contributed by atoms with Crippen LogP contribution in [0.2, 0.25) is 0 Å². The van der Waals surface area contributed by atoms with E-state index in [1.54, 1.807) is 6.07 Å². The maximum atomic E-state index is 12.6. The summed E-state index contributed by atoms with van der Waals surface area (Å²) in [5.41, 5.74) is 3.64. The number of amides is 2. The molecule has 6 heteroatoms. The Hall–Kier alpha value is -2.96. The van der Waals surface area contributed by atoms with Crippen LogP contribution in [0, 0.1) is 5.41 Å². The lowest BCUT2D eigenvalue weighted by molar-refractivity contribution is -0.108. The molecule has 166 valence electrons. The summed E-state index contributed by atoms with van der Waals surface area (Å²) in [4.78, 5) is 26.5. The fourth-order valence-corrected chi connectivity index (χ4v) is 4.75. The largest absolute Gasteiger partial charge is 0.309 e. The molecule has 0 aliphatic heterocycles. The Balaban J connectivity index is 2.08. The first-order valence-corrected chi connectivity index (χ1v) is 11.6. The molecule has 0 aliphatic rings. The second-order valence-corrected chi connectivity index (χ2v) is 8.99. The Bertz CT molecular complexity index is 1140. The van der Waals surface area contributed by atoms with Gasteiger partial charge in [-0.05, 0) is 61.0 Å². The highest BCUT2D eigenvalue weighted by Gasteiger charge is 2.17. The smallest absolute Gasteiger partial charge is 0.258 e. The summed E-state index contributed by atoms with van der Waals surface area (Å²) in [5, 5.41) is 13.3. The number of hydrogen-bond donors (Lipinski definition) is 2. The minimum Gasteiger partial charge on any atom is -0.309 e. The third-order valence-electron chi connectivity index (χ3n) is 5.34. The molecule has 0 bridgehead atoms. The summed E-state index contributed by atoms with van der Waals surface area (Å²) < 4.78 is 0. The molecule has 3 aromatic rings. The summed E-state index contributed by atoms with van der Waals surface area (Å²) in [7, 11) is 4.03. The van der Waals surface area contributed by atoms with E-state index < -0.39 is 5.91 Å². The predicted octanol–water partition coefficient (Wildman–Crippen LogP) is 4.90. The summed E-state index contributed by atoms with van der Waals surface area (Å²) in [6.45, 7) is 2.98. The number of fused-ring (bicyclic) bond motifs is 1. The van der Waals surface area contributed by atoms with Gasteiger partial charge in [-0.15, -0.1) is 0 Å². The predicted molar refractivity (Wildman–Crippen MR) is 133 cm³/mol. The van der Waals surface area contributed by atoms with Crippen molar-refractivity contribution in [3.05, 3.63) is 76.9 Å². The number of likely N-dealkylation sites (N-methyl/N-ethyl adjacent to an activating group) is 1. The molecule has 3 aromatic carbocycles. The van der Waals surface area contributed by atoms with Gasteiger partial charge in [0.25, 0.3) is 5.91 Å². The maximum Gasteiger partial charge on any atom is 0.258 e. The van der Waals surface area contributed by atoms with E-state index in [0.29, 0.717) is 17.0 Å². The van der Waals surface area contributed by atoms with Gasteiger partial charge in [0.1, 0.15) is 0 Å². The topological polar surface area (TPSA) is 73.3 Å². The van der Waals surface area contributed by atoms with Crippen LogP contribution in [0.25, 0.3) is 10.8 Å². The van der Waals surface area contributed by atoms with Crippen LogP contribution in [0.3, 0.4) is 0 Å². The first-order valence-electron chi connectivity index (χ1n) is 10.7. The molecule has 3 rings (SSSR count). The van der Waals surface area contributed by atoms with Gasteiger partial charge in [-0.1, -0.05) is 67.6 Å². The van der Waals surface area contributed by atoms with Gasteiger partial charge in [-0.2, -0.15) is 0 Å². The van der Waals surface area contributed by atoms with Crippen molar-refractivity contribution in [3.8, 4) is 0 Å². The number of benzene rings is 3. The van der Waals surface area contributed by atoms with Crippen LogP contribution in [0.5, 0.6) is 0 Å². The number of thioether (sulfide) groups is 1. The molecule has 0 saturated heterocycles. The number of rotatable bonds is 9. The fourth-order valence-electron chi connectivity index (χ4n) is 3.81. The molecule has 0 heterocycles. The molecule has 5 nitrogen and oxygen atoms in total. The Labute approximate surface area is 193 Å². The Kier molecular flexibility index (Phi) is 8.20. The van der Waals surface area contributed by atoms with Crippen molar-refractivity contribution >= 4 is 39.9 Å². The highest BCUT2D eigenvalue weighted by atomic mass is 32.2. The normalized spacial score (nSPS) is 11.0. The van der Waals surface area contributed by atoms with E-state index >= 15 is 0 Å². The standard InChI is InChI=1S/C26H29N3O2S/c1-4-8-18-9-5-6-10-20(18)25(27)32-23-14-13-19(15-16-29(2)3)24-21(23)11-7-12-22(24)26(31)28-17-30/h5-7,9-14,17,27H,4,8,15-16H2,1-3H3,(H,28,30,31). The molecule has 0 saturated carbocycles. The maximum absolute atomic E-state index is 12.6. The average Bonchev–Trinajstić information content (AvgIpc) is 2.78. The molecule has 2 N–H and O–H groups in total. The zero-order valence-electron chi connectivity index (χ0n) is 18.8. The van der Waals surface area contributed by atoms with Crippen molar-refractivity contribution in [2.45, 2.75) is 31.1 Å². The molecule has 2 amide bonds. The lowest BCUT2D eigenvalue weighted by atomic mass is 9.96. The van der Waals surface area contributed by atoms with Crippen LogP contribution < -0.4 is 5.32 Å². The number of aryl methyl sites for hydroxylation is 1. The van der Waals surface area contributed by atoms with E-state index in [-0.39, 0.29) is 0 Å². The van der Waals surface area contributed by atoms with Gasteiger partial charge in [0.05, 0.1) is 5.04 Å². The van der Waals surface area contributed by atoms with Crippen molar-refractivity contribution in [3.63, 3.8) is 0 Å². The fraction of sp³-hybridized carbons (Fsp3) is 0.269. The van der Waals surface area contributed by atoms with Crippen LogP contribution in [0.4, 0.5) is 0 Å². The van der Waals surface area contributed by atoms with Gasteiger partial charge in [-0.3, -0.25) is 20.3 Å². The van der Waals surface area contributed by atoms with Crippen LogP contribution in [0.15, 0.2) is 59.5 Å². The molecule has 0 aliphatic carbocycles.